The monoisotopic (exact) mass is 437 g/mol. The molecule has 1 unspecified atom stereocenters. The first-order chi connectivity index (χ1) is 14.8. The minimum absolute atomic E-state index is 0.0185. The van der Waals surface area contributed by atoms with Gasteiger partial charge in [-0.2, -0.15) is 0 Å². The third-order valence-electron chi connectivity index (χ3n) is 4.18. The van der Waals surface area contributed by atoms with E-state index in [9.17, 15) is 4.79 Å². The molecule has 9 nitrogen and oxygen atoms in total. The maximum atomic E-state index is 12.0. The molecule has 1 aromatic heterocycles. The zero-order chi connectivity index (χ0) is 23.1. The third kappa shape index (κ3) is 12.0. The fraction of sp³-hybridized carbons (Fsp3) is 0.682. The van der Waals surface area contributed by atoms with E-state index in [1.165, 1.54) is 0 Å². The highest BCUT2D eigenvalue weighted by Gasteiger charge is 2.18. The second-order valence-corrected chi connectivity index (χ2v) is 8.10. The van der Waals surface area contributed by atoms with Crippen LogP contribution < -0.4 is 20.7 Å². The predicted octanol–water partition coefficient (Wildman–Crippen LogP) is 2.86. The molecule has 0 saturated heterocycles. The fourth-order valence-electron chi connectivity index (χ4n) is 2.67. The maximum absolute atomic E-state index is 12.0. The number of aromatic nitrogens is 1. The van der Waals surface area contributed by atoms with E-state index in [0.717, 1.165) is 24.8 Å². The van der Waals surface area contributed by atoms with E-state index >= 15 is 0 Å². The molecule has 0 aliphatic carbocycles. The van der Waals surface area contributed by atoms with Crippen LogP contribution in [0, 0.1) is 0 Å². The Labute approximate surface area is 186 Å². The van der Waals surface area contributed by atoms with Crippen LogP contribution in [0.4, 0.5) is 4.79 Å². The summed E-state index contributed by atoms with van der Waals surface area (Å²) in [5.41, 5.74) is 0.388. The Morgan fingerprint density at radius 1 is 1.26 bits per heavy atom. The van der Waals surface area contributed by atoms with Crippen LogP contribution in [-0.2, 0) is 16.0 Å². The minimum atomic E-state index is -0.527. The van der Waals surface area contributed by atoms with Gasteiger partial charge in [-0.25, -0.2) is 9.78 Å². The molecule has 0 aromatic carbocycles. The molecule has 1 amide bonds. The number of alkyl carbamates (subject to hydrolysis) is 1. The van der Waals surface area contributed by atoms with Crippen molar-refractivity contribution < 1.29 is 19.0 Å². The molecule has 1 aromatic rings. The van der Waals surface area contributed by atoms with Crippen molar-refractivity contribution in [2.24, 2.45) is 4.99 Å². The molecular weight excluding hydrogens is 398 g/mol. The summed E-state index contributed by atoms with van der Waals surface area (Å²) in [5, 5.41) is 9.52. The summed E-state index contributed by atoms with van der Waals surface area (Å²) < 4.78 is 16.0. The number of unbranched alkanes of at least 4 members (excludes halogenated alkanes) is 1. The van der Waals surface area contributed by atoms with E-state index in [1.807, 2.05) is 32.9 Å². The second-order valence-electron chi connectivity index (χ2n) is 8.10. The third-order valence-corrected chi connectivity index (χ3v) is 4.18. The number of hydrogen-bond acceptors (Lipinski definition) is 6. The largest absolute Gasteiger partial charge is 0.475 e. The number of rotatable bonds is 12. The van der Waals surface area contributed by atoms with Crippen LogP contribution in [0.15, 0.2) is 23.3 Å². The molecule has 0 spiro atoms. The molecule has 1 heterocycles. The lowest BCUT2D eigenvalue weighted by molar-refractivity contribution is 0.0522. The summed E-state index contributed by atoms with van der Waals surface area (Å²) in [5.74, 6) is 1.20. The molecule has 0 bridgehead atoms. The lowest BCUT2D eigenvalue weighted by atomic mass is 10.1. The summed E-state index contributed by atoms with van der Waals surface area (Å²) >= 11 is 0. The number of nitrogens with zero attached hydrogens (tertiary/aromatic N) is 2. The van der Waals surface area contributed by atoms with Gasteiger partial charge in [0.15, 0.2) is 5.96 Å². The number of nitrogens with one attached hydrogen (secondary N) is 3. The molecular formula is C22H39N5O4. The molecule has 1 atom stereocenters. The highest BCUT2D eigenvalue weighted by atomic mass is 16.6. The van der Waals surface area contributed by atoms with Crippen molar-refractivity contribution in [1.82, 2.24) is 20.9 Å². The average Bonchev–Trinajstić information content (AvgIpc) is 2.72. The van der Waals surface area contributed by atoms with Gasteiger partial charge in [-0.1, -0.05) is 25.8 Å². The van der Waals surface area contributed by atoms with Crippen LogP contribution in [0.25, 0.3) is 0 Å². The lowest BCUT2D eigenvalue weighted by Crippen LogP contribution is -2.48. The van der Waals surface area contributed by atoms with Crippen LogP contribution in [0.2, 0.25) is 0 Å². The predicted molar refractivity (Wildman–Crippen MR) is 122 cm³/mol. The van der Waals surface area contributed by atoms with E-state index in [4.69, 9.17) is 14.2 Å². The minimum Gasteiger partial charge on any atom is -0.475 e. The van der Waals surface area contributed by atoms with E-state index in [-0.39, 0.29) is 6.04 Å². The highest BCUT2D eigenvalue weighted by Crippen LogP contribution is 2.14. The molecule has 31 heavy (non-hydrogen) atoms. The number of carbonyl (C=O) groups is 1. The Bertz CT molecular complexity index is 676. The van der Waals surface area contributed by atoms with Crippen LogP contribution in [0.5, 0.6) is 5.88 Å². The van der Waals surface area contributed by atoms with E-state index < -0.39 is 11.7 Å². The Balaban J connectivity index is 2.65. The van der Waals surface area contributed by atoms with E-state index in [1.54, 1.807) is 20.4 Å². The van der Waals surface area contributed by atoms with Crippen molar-refractivity contribution in [3.8, 4) is 5.88 Å². The Morgan fingerprint density at radius 2 is 2.03 bits per heavy atom. The Hall–Kier alpha value is -2.55. The normalized spacial score (nSPS) is 12.8. The van der Waals surface area contributed by atoms with Gasteiger partial charge in [0.05, 0.1) is 6.61 Å². The highest BCUT2D eigenvalue weighted by molar-refractivity contribution is 5.80. The zero-order valence-electron chi connectivity index (χ0n) is 19.8. The van der Waals surface area contributed by atoms with Gasteiger partial charge in [0.2, 0.25) is 5.88 Å². The molecule has 0 saturated carbocycles. The van der Waals surface area contributed by atoms with Gasteiger partial charge in [-0.15, -0.1) is 0 Å². The van der Waals surface area contributed by atoms with Crippen molar-refractivity contribution >= 4 is 12.1 Å². The SMILES string of the molecule is CCCCC(CNC(=O)OC(C)(C)C)NC(=NC)NCc1cccnc1OCCOC. The van der Waals surface area contributed by atoms with Gasteiger partial charge in [0.25, 0.3) is 0 Å². The lowest BCUT2D eigenvalue weighted by Gasteiger charge is -2.24. The number of aliphatic imine (C=N–C) groups is 1. The molecule has 3 N–H and O–H groups in total. The fourth-order valence-corrected chi connectivity index (χ4v) is 2.67. The number of hydrogen-bond donors (Lipinski definition) is 3. The molecule has 0 aliphatic rings. The van der Waals surface area contributed by atoms with Crippen molar-refractivity contribution in [1.29, 1.82) is 0 Å². The molecule has 0 radical (unpaired) electrons. The Kier molecular flexibility index (Phi) is 12.3. The summed E-state index contributed by atoms with van der Waals surface area (Å²) in [6.07, 6.45) is 4.26. The van der Waals surface area contributed by atoms with Gasteiger partial charge >= 0.3 is 6.09 Å². The summed E-state index contributed by atoms with van der Waals surface area (Å²) in [6, 6.07) is 3.84. The molecule has 176 valence electrons. The van der Waals surface area contributed by atoms with Crippen molar-refractivity contribution in [2.45, 2.75) is 65.1 Å². The van der Waals surface area contributed by atoms with Crippen LogP contribution >= 0.6 is 0 Å². The molecule has 0 fully saturated rings. The first-order valence-electron chi connectivity index (χ1n) is 10.8. The van der Waals surface area contributed by atoms with Gasteiger partial charge in [0.1, 0.15) is 12.2 Å². The topological polar surface area (TPSA) is 106 Å². The standard InChI is InChI=1S/C22H39N5O4/c1-7-8-11-18(16-26-21(28)31-22(2,3)4)27-20(23-5)25-15-17-10-9-12-24-19(17)30-14-13-29-6/h9-10,12,18H,7-8,11,13-16H2,1-6H3,(H,26,28)(H2,23,25,27). The summed E-state index contributed by atoms with van der Waals surface area (Å²) in [6.45, 7) is 9.53. The molecule has 0 aliphatic heterocycles. The van der Waals surface area contributed by atoms with Crippen molar-refractivity contribution in [2.75, 3.05) is 33.9 Å². The van der Waals surface area contributed by atoms with E-state index in [2.05, 4.69) is 32.9 Å². The van der Waals surface area contributed by atoms with E-state index in [0.29, 0.717) is 38.1 Å². The number of pyridine rings is 1. The van der Waals surface area contributed by atoms with Crippen molar-refractivity contribution in [3.05, 3.63) is 23.9 Å². The number of ether oxygens (including phenoxy) is 3. The number of amides is 1. The molecule has 9 heteroatoms. The maximum Gasteiger partial charge on any atom is 0.407 e. The quantitative estimate of drug-likeness (QED) is 0.262. The van der Waals surface area contributed by atoms with Gasteiger partial charge < -0.3 is 30.2 Å². The first kappa shape index (κ1) is 26.5. The average molecular weight is 438 g/mol. The number of guanidine groups is 1. The number of carbonyl (C=O) groups excluding carboxylic acids is 1. The molecule has 1 rings (SSSR count). The van der Waals surface area contributed by atoms with Crippen LogP contribution in [0.1, 0.15) is 52.5 Å². The van der Waals surface area contributed by atoms with Gasteiger partial charge in [-0.3, -0.25) is 4.99 Å². The first-order valence-corrected chi connectivity index (χ1v) is 10.8. The second kappa shape index (κ2) is 14.5. The van der Waals surface area contributed by atoms with Gasteiger partial charge in [0, 0.05) is 45.0 Å². The smallest absolute Gasteiger partial charge is 0.407 e. The zero-order valence-corrected chi connectivity index (χ0v) is 19.8. The van der Waals surface area contributed by atoms with Gasteiger partial charge in [-0.05, 0) is 33.3 Å². The van der Waals surface area contributed by atoms with Crippen LogP contribution in [-0.4, -0.2) is 62.6 Å². The summed E-state index contributed by atoms with van der Waals surface area (Å²) in [4.78, 5) is 20.6. The number of methoxy groups -OCH3 is 1. The Morgan fingerprint density at radius 3 is 2.68 bits per heavy atom. The van der Waals surface area contributed by atoms with Crippen molar-refractivity contribution in [3.63, 3.8) is 0 Å². The van der Waals surface area contributed by atoms with Crippen LogP contribution in [0.3, 0.4) is 0 Å². The summed E-state index contributed by atoms with van der Waals surface area (Å²) in [7, 11) is 3.35.